The van der Waals surface area contributed by atoms with Crippen LogP contribution in [-0.4, -0.2) is 47.4 Å². The summed E-state index contributed by atoms with van der Waals surface area (Å²) >= 11 is 0. The molecule has 0 aliphatic carbocycles. The van der Waals surface area contributed by atoms with E-state index in [9.17, 15) is 23.2 Å². The van der Waals surface area contributed by atoms with Gasteiger partial charge in [-0.05, 0) is 12.1 Å². The van der Waals surface area contributed by atoms with E-state index in [1.54, 1.807) is 0 Å². The highest BCUT2D eigenvalue weighted by Crippen LogP contribution is 2.17. The molecule has 2 amide bonds. The van der Waals surface area contributed by atoms with Crippen LogP contribution in [0.3, 0.4) is 0 Å². The number of carbonyl (C=O) groups excluding carboxylic acids is 2. The highest BCUT2D eigenvalue weighted by molar-refractivity contribution is 6.05. The van der Waals surface area contributed by atoms with Crippen LogP contribution in [0, 0.1) is 11.6 Å². The van der Waals surface area contributed by atoms with Crippen molar-refractivity contribution in [3.8, 4) is 0 Å². The first-order valence-corrected chi connectivity index (χ1v) is 5.68. The number of piperazine rings is 1. The second-order valence-electron chi connectivity index (χ2n) is 4.19. The minimum absolute atomic E-state index is 0.169. The molecule has 0 atom stereocenters. The third-order valence-electron chi connectivity index (χ3n) is 2.85. The number of halogens is 2. The molecule has 2 N–H and O–H groups in total. The van der Waals surface area contributed by atoms with E-state index in [-0.39, 0.29) is 19.6 Å². The van der Waals surface area contributed by atoms with Gasteiger partial charge in [-0.2, -0.15) is 0 Å². The third-order valence-corrected chi connectivity index (χ3v) is 2.85. The second kappa shape index (κ2) is 5.24. The largest absolute Gasteiger partial charge is 0.478 e. The first-order valence-electron chi connectivity index (χ1n) is 5.68. The Bertz CT molecular complexity index is 603. The number of carboxylic acid groups (broad SMARTS) is 1. The SMILES string of the molecule is O=C1CN(C(=O)c2cc(F)c(F)cc2C(=O)O)CCN1. The first kappa shape index (κ1) is 13.9. The van der Waals surface area contributed by atoms with Gasteiger partial charge in [-0.1, -0.05) is 0 Å². The predicted octanol–water partition coefficient (Wildman–Crippen LogP) is 0.235. The van der Waals surface area contributed by atoms with Crippen LogP contribution in [0.25, 0.3) is 0 Å². The van der Waals surface area contributed by atoms with E-state index in [2.05, 4.69) is 5.32 Å². The summed E-state index contributed by atoms with van der Waals surface area (Å²) in [6.45, 7) is 0.135. The molecule has 0 saturated carbocycles. The molecule has 0 spiro atoms. The zero-order valence-corrected chi connectivity index (χ0v) is 10.2. The van der Waals surface area contributed by atoms with Crippen LogP contribution in [-0.2, 0) is 4.79 Å². The Kier molecular flexibility index (Phi) is 3.64. The molecule has 0 radical (unpaired) electrons. The van der Waals surface area contributed by atoms with Crippen molar-refractivity contribution in [1.29, 1.82) is 0 Å². The smallest absolute Gasteiger partial charge is 0.336 e. The fourth-order valence-electron chi connectivity index (χ4n) is 1.88. The molecular formula is C12H10F2N2O4. The van der Waals surface area contributed by atoms with Gasteiger partial charge >= 0.3 is 5.97 Å². The van der Waals surface area contributed by atoms with Gasteiger partial charge in [-0.25, -0.2) is 13.6 Å². The zero-order chi connectivity index (χ0) is 14.9. The Labute approximate surface area is 112 Å². The molecule has 106 valence electrons. The summed E-state index contributed by atoms with van der Waals surface area (Å²) in [5, 5.41) is 11.4. The van der Waals surface area contributed by atoms with E-state index in [0.717, 1.165) is 4.90 Å². The van der Waals surface area contributed by atoms with Gasteiger partial charge in [0.15, 0.2) is 11.6 Å². The molecule has 1 aliphatic heterocycles. The molecule has 0 aromatic heterocycles. The van der Waals surface area contributed by atoms with Gasteiger partial charge < -0.3 is 15.3 Å². The van der Waals surface area contributed by atoms with Gasteiger partial charge in [0.05, 0.1) is 17.7 Å². The van der Waals surface area contributed by atoms with Crippen LogP contribution in [0.15, 0.2) is 12.1 Å². The summed E-state index contributed by atoms with van der Waals surface area (Å²) < 4.78 is 26.3. The van der Waals surface area contributed by atoms with Crippen molar-refractivity contribution in [2.45, 2.75) is 0 Å². The fourth-order valence-corrected chi connectivity index (χ4v) is 1.88. The number of amides is 2. The molecule has 1 aromatic rings. The quantitative estimate of drug-likeness (QED) is 0.814. The number of aromatic carboxylic acids is 1. The van der Waals surface area contributed by atoms with Gasteiger partial charge in [0, 0.05) is 13.1 Å². The molecule has 1 aromatic carbocycles. The van der Waals surface area contributed by atoms with E-state index in [1.165, 1.54) is 0 Å². The maximum atomic E-state index is 13.2. The van der Waals surface area contributed by atoms with Crippen LogP contribution < -0.4 is 5.32 Å². The van der Waals surface area contributed by atoms with Crippen LogP contribution in [0.2, 0.25) is 0 Å². The second-order valence-corrected chi connectivity index (χ2v) is 4.19. The number of carboxylic acids is 1. The average molecular weight is 284 g/mol. The minimum atomic E-state index is -1.55. The lowest BCUT2D eigenvalue weighted by Gasteiger charge is -2.27. The van der Waals surface area contributed by atoms with Crippen LogP contribution in [0.4, 0.5) is 8.78 Å². The van der Waals surface area contributed by atoms with E-state index in [4.69, 9.17) is 5.11 Å². The van der Waals surface area contributed by atoms with Gasteiger partial charge in [0.1, 0.15) is 0 Å². The Morgan fingerprint density at radius 2 is 1.80 bits per heavy atom. The molecule has 0 bridgehead atoms. The molecule has 6 nitrogen and oxygen atoms in total. The van der Waals surface area contributed by atoms with Crippen molar-refractivity contribution in [3.63, 3.8) is 0 Å². The standard InChI is InChI=1S/C12H10F2N2O4/c13-8-3-6(7(12(19)20)4-9(8)14)11(18)16-2-1-15-10(17)5-16/h3-4H,1-2,5H2,(H,15,17)(H,19,20). The van der Waals surface area contributed by atoms with Crippen molar-refractivity contribution in [1.82, 2.24) is 10.2 Å². The molecule has 8 heteroatoms. The van der Waals surface area contributed by atoms with Crippen molar-refractivity contribution < 1.29 is 28.3 Å². The molecule has 1 heterocycles. The first-order chi connectivity index (χ1) is 9.40. The highest BCUT2D eigenvalue weighted by atomic mass is 19.2. The molecule has 1 fully saturated rings. The summed E-state index contributed by atoms with van der Waals surface area (Å²) in [5.74, 6) is -5.44. The van der Waals surface area contributed by atoms with Gasteiger partial charge in [0.2, 0.25) is 5.91 Å². The Hall–Kier alpha value is -2.51. The summed E-state index contributed by atoms with van der Waals surface area (Å²) in [4.78, 5) is 35.4. The Balaban J connectivity index is 2.40. The lowest BCUT2D eigenvalue weighted by atomic mass is 10.1. The summed E-state index contributed by atoms with van der Waals surface area (Å²) in [7, 11) is 0. The number of nitrogens with zero attached hydrogens (tertiary/aromatic N) is 1. The number of benzene rings is 1. The van der Waals surface area contributed by atoms with E-state index >= 15 is 0 Å². The van der Waals surface area contributed by atoms with Gasteiger partial charge in [0.25, 0.3) is 5.91 Å². The van der Waals surface area contributed by atoms with Crippen molar-refractivity contribution in [2.24, 2.45) is 0 Å². The van der Waals surface area contributed by atoms with Crippen molar-refractivity contribution in [3.05, 3.63) is 34.9 Å². The van der Waals surface area contributed by atoms with Gasteiger partial charge in [-0.3, -0.25) is 9.59 Å². The Morgan fingerprint density at radius 1 is 1.20 bits per heavy atom. The maximum absolute atomic E-state index is 13.2. The van der Waals surface area contributed by atoms with Crippen molar-refractivity contribution in [2.75, 3.05) is 19.6 Å². The van der Waals surface area contributed by atoms with E-state index in [0.29, 0.717) is 12.1 Å². The molecule has 1 saturated heterocycles. The van der Waals surface area contributed by atoms with Gasteiger partial charge in [-0.15, -0.1) is 0 Å². The number of rotatable bonds is 2. The van der Waals surface area contributed by atoms with E-state index in [1.807, 2.05) is 0 Å². The number of hydrogen-bond donors (Lipinski definition) is 2. The predicted molar refractivity (Wildman–Crippen MR) is 62.2 cm³/mol. The number of hydrogen-bond acceptors (Lipinski definition) is 3. The average Bonchev–Trinajstić information content (AvgIpc) is 2.40. The van der Waals surface area contributed by atoms with Crippen LogP contribution in [0.5, 0.6) is 0 Å². The molecule has 1 aliphatic rings. The monoisotopic (exact) mass is 284 g/mol. The number of carbonyl (C=O) groups is 3. The summed E-state index contributed by atoms with van der Waals surface area (Å²) in [5.41, 5.74) is -1.12. The zero-order valence-electron chi connectivity index (χ0n) is 10.2. The lowest BCUT2D eigenvalue weighted by molar-refractivity contribution is -0.123. The molecular weight excluding hydrogens is 274 g/mol. The minimum Gasteiger partial charge on any atom is -0.478 e. The molecule has 2 rings (SSSR count). The van der Waals surface area contributed by atoms with Crippen LogP contribution >= 0.6 is 0 Å². The molecule has 0 unspecified atom stereocenters. The lowest BCUT2D eigenvalue weighted by Crippen LogP contribution is -2.50. The Morgan fingerprint density at radius 3 is 2.35 bits per heavy atom. The highest BCUT2D eigenvalue weighted by Gasteiger charge is 2.27. The topological polar surface area (TPSA) is 86.7 Å². The maximum Gasteiger partial charge on any atom is 0.336 e. The fraction of sp³-hybridized carbons (Fsp3) is 0.250. The summed E-state index contributed by atoms with van der Waals surface area (Å²) in [6, 6.07) is 0.989. The summed E-state index contributed by atoms with van der Waals surface area (Å²) in [6.07, 6.45) is 0. The third kappa shape index (κ3) is 2.58. The molecule has 20 heavy (non-hydrogen) atoms. The van der Waals surface area contributed by atoms with Crippen molar-refractivity contribution >= 4 is 17.8 Å². The van der Waals surface area contributed by atoms with E-state index < -0.39 is 40.5 Å². The van der Waals surface area contributed by atoms with Crippen LogP contribution in [0.1, 0.15) is 20.7 Å². The number of nitrogens with one attached hydrogen (secondary N) is 1. The normalized spacial score (nSPS) is 14.9.